The second kappa shape index (κ2) is 8.99. The van der Waals surface area contributed by atoms with Crippen molar-refractivity contribution in [1.82, 2.24) is 0 Å². The normalized spacial score (nSPS) is 10.3. The Hall–Kier alpha value is -2.89. The van der Waals surface area contributed by atoms with E-state index in [1.165, 1.54) is 24.3 Å². The van der Waals surface area contributed by atoms with Gasteiger partial charge >= 0.3 is 0 Å². The van der Waals surface area contributed by atoms with Gasteiger partial charge in [-0.25, -0.2) is 4.39 Å². The molecule has 5 nitrogen and oxygen atoms in total. The maximum absolute atomic E-state index is 12.9. The number of aryl methyl sites for hydroxylation is 1. The van der Waals surface area contributed by atoms with Gasteiger partial charge in [-0.15, -0.1) is 0 Å². The largest absolute Gasteiger partial charge is 0.372 e. The molecular weight excluding hydrogens is 333 g/mol. The van der Waals surface area contributed by atoms with Gasteiger partial charge in [0.05, 0.1) is 0 Å². The summed E-state index contributed by atoms with van der Waals surface area (Å²) in [7, 11) is 0. The van der Waals surface area contributed by atoms with Gasteiger partial charge in [0.2, 0.25) is 11.8 Å². The van der Waals surface area contributed by atoms with Crippen LogP contribution in [0.25, 0.3) is 0 Å². The fourth-order valence-electron chi connectivity index (χ4n) is 2.65. The molecule has 0 radical (unpaired) electrons. The minimum Gasteiger partial charge on any atom is -0.372 e. The van der Waals surface area contributed by atoms with E-state index in [0.717, 1.165) is 24.3 Å². The van der Waals surface area contributed by atoms with E-state index in [4.69, 9.17) is 0 Å². The van der Waals surface area contributed by atoms with E-state index in [2.05, 4.69) is 29.4 Å². The highest BCUT2D eigenvalue weighted by Crippen LogP contribution is 2.22. The van der Waals surface area contributed by atoms with Crippen LogP contribution in [0.15, 0.2) is 42.5 Å². The minimum absolute atomic E-state index is 0.311. The molecule has 0 saturated heterocycles. The lowest BCUT2D eigenvalue weighted by molar-refractivity contribution is -0.123. The van der Waals surface area contributed by atoms with E-state index >= 15 is 0 Å². The van der Waals surface area contributed by atoms with Gasteiger partial charge in [-0.05, 0) is 68.8 Å². The summed E-state index contributed by atoms with van der Waals surface area (Å²) < 4.78 is 12.9. The first-order valence-electron chi connectivity index (χ1n) is 8.63. The second-order valence-electron chi connectivity index (χ2n) is 5.95. The van der Waals surface area contributed by atoms with Crippen molar-refractivity contribution in [2.24, 2.45) is 0 Å². The Morgan fingerprint density at radius 3 is 2.15 bits per heavy atom. The molecule has 0 fully saturated rings. The number of hydrogen-bond acceptors (Lipinski definition) is 3. The zero-order valence-corrected chi connectivity index (χ0v) is 15.3. The van der Waals surface area contributed by atoms with E-state index in [9.17, 15) is 14.0 Å². The van der Waals surface area contributed by atoms with Crippen LogP contribution >= 0.6 is 0 Å². The van der Waals surface area contributed by atoms with E-state index in [1.807, 2.05) is 25.1 Å². The quantitative estimate of drug-likeness (QED) is 0.738. The molecule has 0 heterocycles. The zero-order valence-electron chi connectivity index (χ0n) is 15.3. The van der Waals surface area contributed by atoms with Crippen molar-refractivity contribution in [3.8, 4) is 0 Å². The fraction of sp³-hybridized carbons (Fsp3) is 0.300. The molecule has 2 aromatic carbocycles. The van der Waals surface area contributed by atoms with Crippen molar-refractivity contribution in [1.29, 1.82) is 0 Å². The first kappa shape index (κ1) is 19.4. The van der Waals surface area contributed by atoms with E-state index < -0.39 is 11.8 Å². The molecule has 0 aliphatic heterocycles. The van der Waals surface area contributed by atoms with Crippen LogP contribution in [-0.2, 0) is 9.59 Å². The van der Waals surface area contributed by atoms with Crippen molar-refractivity contribution in [3.05, 3.63) is 53.8 Å². The number of carbonyl (C=O) groups excluding carboxylic acids is 2. The molecule has 138 valence electrons. The summed E-state index contributed by atoms with van der Waals surface area (Å²) in [5, 5.41) is 5.33. The number of nitrogens with one attached hydrogen (secondary N) is 2. The van der Waals surface area contributed by atoms with E-state index in [0.29, 0.717) is 11.4 Å². The van der Waals surface area contributed by atoms with E-state index in [1.54, 1.807) is 0 Å². The Labute approximate surface area is 153 Å². The van der Waals surface area contributed by atoms with Crippen LogP contribution in [0.5, 0.6) is 0 Å². The van der Waals surface area contributed by atoms with Gasteiger partial charge in [-0.1, -0.05) is 0 Å². The Morgan fingerprint density at radius 2 is 1.58 bits per heavy atom. The lowest BCUT2D eigenvalue weighted by Crippen LogP contribution is -2.23. The third-order valence-corrected chi connectivity index (χ3v) is 4.06. The summed E-state index contributed by atoms with van der Waals surface area (Å²) in [4.78, 5) is 26.3. The summed E-state index contributed by atoms with van der Waals surface area (Å²) in [5.41, 5.74) is 3.16. The van der Waals surface area contributed by atoms with Crippen LogP contribution in [-0.4, -0.2) is 24.9 Å². The molecule has 6 heteroatoms. The Morgan fingerprint density at radius 1 is 0.962 bits per heavy atom. The molecule has 0 spiro atoms. The lowest BCUT2D eigenvalue weighted by Gasteiger charge is -2.22. The van der Waals surface area contributed by atoms with E-state index in [-0.39, 0.29) is 12.2 Å². The lowest BCUT2D eigenvalue weighted by atomic mass is 10.1. The summed E-state index contributed by atoms with van der Waals surface area (Å²) in [6.07, 6.45) is -0.311. The summed E-state index contributed by atoms with van der Waals surface area (Å²) >= 11 is 0. The maximum atomic E-state index is 12.9. The Bertz CT molecular complexity index is 771. The molecule has 2 amide bonds. The highest BCUT2D eigenvalue weighted by molar-refractivity contribution is 6.08. The summed E-state index contributed by atoms with van der Waals surface area (Å²) in [6.45, 7) is 7.92. The second-order valence-corrected chi connectivity index (χ2v) is 5.95. The fourth-order valence-corrected chi connectivity index (χ4v) is 2.65. The molecule has 0 atom stereocenters. The Balaban J connectivity index is 1.94. The molecular formula is C20H24FN3O2. The number of hydrogen-bond donors (Lipinski definition) is 2. The predicted molar refractivity (Wildman–Crippen MR) is 103 cm³/mol. The highest BCUT2D eigenvalue weighted by atomic mass is 19.1. The van der Waals surface area contributed by atoms with Crippen LogP contribution in [0.4, 0.5) is 21.5 Å². The number of nitrogens with zero attached hydrogens (tertiary/aromatic N) is 1. The summed E-state index contributed by atoms with van der Waals surface area (Å²) in [6, 6.07) is 11.2. The third-order valence-electron chi connectivity index (χ3n) is 4.06. The number of amides is 2. The summed E-state index contributed by atoms with van der Waals surface area (Å²) in [5.74, 6) is -1.24. The average molecular weight is 357 g/mol. The van der Waals surface area contributed by atoms with Crippen LogP contribution in [0.1, 0.15) is 25.8 Å². The van der Waals surface area contributed by atoms with Gasteiger partial charge in [0.1, 0.15) is 12.2 Å². The van der Waals surface area contributed by atoms with Crippen LogP contribution < -0.4 is 15.5 Å². The maximum Gasteiger partial charge on any atom is 0.233 e. The van der Waals surface area contributed by atoms with Crippen molar-refractivity contribution in [2.45, 2.75) is 27.2 Å². The molecule has 26 heavy (non-hydrogen) atoms. The number of rotatable bonds is 7. The smallest absolute Gasteiger partial charge is 0.233 e. The molecule has 0 unspecified atom stereocenters. The molecule has 0 aliphatic carbocycles. The van der Waals surface area contributed by atoms with Gasteiger partial charge in [0.25, 0.3) is 0 Å². The van der Waals surface area contributed by atoms with Gasteiger partial charge in [-0.3, -0.25) is 9.59 Å². The predicted octanol–water partition coefficient (Wildman–Crippen LogP) is 3.95. The van der Waals surface area contributed by atoms with Crippen molar-refractivity contribution in [3.63, 3.8) is 0 Å². The van der Waals surface area contributed by atoms with Crippen LogP contribution in [0.2, 0.25) is 0 Å². The highest BCUT2D eigenvalue weighted by Gasteiger charge is 2.12. The van der Waals surface area contributed by atoms with Crippen molar-refractivity contribution < 1.29 is 14.0 Å². The number of carbonyl (C=O) groups is 2. The molecule has 2 aromatic rings. The molecule has 0 aliphatic rings. The van der Waals surface area contributed by atoms with Gasteiger partial charge < -0.3 is 15.5 Å². The molecule has 2 rings (SSSR count). The first-order chi connectivity index (χ1) is 12.4. The standard InChI is InChI=1S/C20H24FN3O2/c1-4-24(5-2)17-10-11-18(14(3)12-17)23-20(26)13-19(25)22-16-8-6-15(21)7-9-16/h6-12H,4-5,13H2,1-3H3,(H,22,25)(H,23,26). The zero-order chi connectivity index (χ0) is 19.1. The van der Waals surface area contributed by atoms with Crippen molar-refractivity contribution >= 4 is 28.9 Å². The minimum atomic E-state index is -0.452. The van der Waals surface area contributed by atoms with Gasteiger partial charge in [0, 0.05) is 30.2 Å². The number of benzene rings is 2. The molecule has 0 bridgehead atoms. The number of halogens is 1. The monoisotopic (exact) mass is 357 g/mol. The Kier molecular flexibility index (Phi) is 6.72. The average Bonchev–Trinajstić information content (AvgIpc) is 2.60. The number of anilines is 3. The SMILES string of the molecule is CCN(CC)c1ccc(NC(=O)CC(=O)Nc2ccc(F)cc2)c(C)c1. The van der Waals surface area contributed by atoms with Gasteiger partial charge in [-0.2, -0.15) is 0 Å². The topological polar surface area (TPSA) is 61.4 Å². The molecule has 0 saturated carbocycles. The third kappa shape index (κ3) is 5.31. The molecule has 0 aromatic heterocycles. The van der Waals surface area contributed by atoms with Gasteiger partial charge in [0.15, 0.2) is 0 Å². The first-order valence-corrected chi connectivity index (χ1v) is 8.63. The van der Waals surface area contributed by atoms with Crippen LogP contribution in [0.3, 0.4) is 0 Å². The van der Waals surface area contributed by atoms with Crippen LogP contribution in [0, 0.1) is 12.7 Å². The molecule has 2 N–H and O–H groups in total. The van der Waals surface area contributed by atoms with Crippen molar-refractivity contribution in [2.75, 3.05) is 28.6 Å².